The van der Waals surface area contributed by atoms with E-state index in [4.69, 9.17) is 4.99 Å². The predicted molar refractivity (Wildman–Crippen MR) is 241 cm³/mol. The molecule has 0 atom stereocenters. The van der Waals surface area contributed by atoms with E-state index < -0.39 is 0 Å². The van der Waals surface area contributed by atoms with Crippen LogP contribution >= 0.6 is 11.3 Å². The highest BCUT2D eigenvalue weighted by Gasteiger charge is 2.16. The molecule has 0 N–H and O–H groups in total. The maximum Gasteiger partial charge on any atom is 0.114 e. The Kier molecular flexibility index (Phi) is 6.86. The summed E-state index contributed by atoms with van der Waals surface area (Å²) in [5.74, 6) is 0. The van der Waals surface area contributed by atoms with Gasteiger partial charge in [0.2, 0.25) is 0 Å². The van der Waals surface area contributed by atoms with Crippen molar-refractivity contribution in [1.82, 2.24) is 9.13 Å². The van der Waals surface area contributed by atoms with E-state index in [0.717, 1.165) is 10.6 Å². The molecule has 9 aromatic carbocycles. The van der Waals surface area contributed by atoms with E-state index in [1.54, 1.807) is 11.3 Å². The first-order chi connectivity index (χ1) is 27.8. The molecule has 0 saturated carbocycles. The second-order valence-corrected chi connectivity index (χ2v) is 15.8. The second-order valence-electron chi connectivity index (χ2n) is 14.7. The molecule has 262 valence electrons. The molecule has 0 saturated heterocycles. The third-order valence-corrected chi connectivity index (χ3v) is 12.7. The van der Waals surface area contributed by atoms with Crippen LogP contribution in [-0.2, 0) is 6.67 Å². The fourth-order valence-electron chi connectivity index (χ4n) is 9.14. The van der Waals surface area contributed by atoms with Crippen molar-refractivity contribution in [3.63, 3.8) is 0 Å². The Balaban J connectivity index is 0.889. The summed E-state index contributed by atoms with van der Waals surface area (Å²) in [6, 6.07) is 66.6. The van der Waals surface area contributed by atoms with Crippen molar-refractivity contribution in [2.75, 3.05) is 0 Å². The fourth-order valence-corrected chi connectivity index (χ4v) is 10.1. The zero-order chi connectivity index (χ0) is 36.7. The molecular formula is C52H33N3S. The summed E-state index contributed by atoms with van der Waals surface area (Å²) in [6.07, 6.45) is 2.05. The van der Waals surface area contributed by atoms with Crippen LogP contribution in [0.2, 0.25) is 0 Å². The Morgan fingerprint density at radius 1 is 0.411 bits per heavy atom. The molecule has 12 rings (SSSR count). The van der Waals surface area contributed by atoms with Crippen molar-refractivity contribution in [2.24, 2.45) is 4.99 Å². The van der Waals surface area contributed by atoms with Gasteiger partial charge < -0.3 is 9.13 Å². The van der Waals surface area contributed by atoms with Gasteiger partial charge in [-0.2, -0.15) is 0 Å². The van der Waals surface area contributed by atoms with Gasteiger partial charge in [-0.05, 0) is 109 Å². The van der Waals surface area contributed by atoms with Gasteiger partial charge in [-0.1, -0.05) is 121 Å². The van der Waals surface area contributed by atoms with E-state index in [9.17, 15) is 0 Å². The van der Waals surface area contributed by atoms with Crippen LogP contribution in [0.15, 0.2) is 187 Å². The molecule has 0 amide bonds. The van der Waals surface area contributed by atoms with Gasteiger partial charge in [-0.15, -0.1) is 11.3 Å². The minimum Gasteiger partial charge on any atom is -0.320 e. The van der Waals surface area contributed by atoms with Crippen LogP contribution in [0, 0.1) is 0 Å². The molecule has 0 fully saturated rings. The standard InChI is InChI=1S/C52H33N3S/c1-2-13-40-38(11-1)39-12-3-4-14-41(39)46-29-34(21-24-42(40)46)33-22-26-52-35(27-33)28-37(56-52)31-53-32-54-48-18-8-5-17-45(48)47-30-36(23-25-49(47)54)55-50-19-9-6-15-43(50)44-16-7-10-20-51(44)55/h1-31H,32H2. The van der Waals surface area contributed by atoms with Gasteiger partial charge >= 0.3 is 0 Å². The number of para-hydroxylation sites is 3. The number of nitrogens with zero attached hydrogens (tertiary/aromatic N) is 3. The molecule has 3 aromatic heterocycles. The summed E-state index contributed by atoms with van der Waals surface area (Å²) in [6.45, 7) is 0.540. The van der Waals surface area contributed by atoms with Crippen LogP contribution in [0.5, 0.6) is 0 Å². The monoisotopic (exact) mass is 731 g/mol. The molecule has 0 radical (unpaired) electrons. The molecule has 12 aromatic rings. The minimum absolute atomic E-state index is 0.540. The van der Waals surface area contributed by atoms with E-state index in [-0.39, 0.29) is 0 Å². The topological polar surface area (TPSA) is 22.2 Å². The van der Waals surface area contributed by atoms with E-state index in [0.29, 0.717) is 6.67 Å². The molecular weight excluding hydrogens is 699 g/mol. The van der Waals surface area contributed by atoms with Crippen LogP contribution in [0.25, 0.3) is 103 Å². The van der Waals surface area contributed by atoms with Crippen molar-refractivity contribution >= 4 is 104 Å². The Morgan fingerprint density at radius 3 is 1.61 bits per heavy atom. The van der Waals surface area contributed by atoms with E-state index in [1.165, 1.54) is 97.1 Å². The van der Waals surface area contributed by atoms with Crippen molar-refractivity contribution in [1.29, 1.82) is 0 Å². The smallest absolute Gasteiger partial charge is 0.114 e. The highest BCUT2D eigenvalue weighted by Crippen LogP contribution is 2.39. The number of aliphatic imine (C=N–C) groups is 1. The van der Waals surface area contributed by atoms with Gasteiger partial charge in [0, 0.05) is 43.0 Å². The first-order valence-electron chi connectivity index (χ1n) is 19.1. The summed E-state index contributed by atoms with van der Waals surface area (Å²) in [7, 11) is 0. The normalized spacial score (nSPS) is 12.3. The van der Waals surface area contributed by atoms with Gasteiger partial charge in [0.25, 0.3) is 0 Å². The van der Waals surface area contributed by atoms with Crippen LogP contribution in [0.1, 0.15) is 4.88 Å². The lowest BCUT2D eigenvalue weighted by atomic mass is 9.92. The molecule has 0 aliphatic carbocycles. The summed E-state index contributed by atoms with van der Waals surface area (Å²) in [5, 5.41) is 14.1. The number of aromatic nitrogens is 2. The van der Waals surface area contributed by atoms with Gasteiger partial charge in [-0.25, -0.2) is 0 Å². The maximum atomic E-state index is 5.05. The molecule has 0 bridgehead atoms. The summed E-state index contributed by atoms with van der Waals surface area (Å²) < 4.78 is 6.00. The molecule has 3 heterocycles. The molecule has 0 aliphatic rings. The van der Waals surface area contributed by atoms with Crippen LogP contribution < -0.4 is 0 Å². The van der Waals surface area contributed by atoms with Crippen molar-refractivity contribution < 1.29 is 0 Å². The highest BCUT2D eigenvalue weighted by molar-refractivity contribution is 7.20. The first-order valence-corrected chi connectivity index (χ1v) is 20.0. The second kappa shape index (κ2) is 12.3. The third kappa shape index (κ3) is 4.73. The minimum atomic E-state index is 0.540. The number of fused-ring (bicyclic) bond motifs is 13. The van der Waals surface area contributed by atoms with Crippen LogP contribution in [0.3, 0.4) is 0 Å². The Bertz CT molecular complexity index is 3490. The lowest BCUT2D eigenvalue weighted by Gasteiger charge is -2.12. The third-order valence-electron chi connectivity index (χ3n) is 11.6. The Hall–Kier alpha value is -7.01. The van der Waals surface area contributed by atoms with Gasteiger partial charge in [0.1, 0.15) is 6.67 Å². The van der Waals surface area contributed by atoms with Gasteiger partial charge in [0.05, 0.1) is 22.1 Å². The first kappa shape index (κ1) is 31.4. The maximum absolute atomic E-state index is 5.05. The zero-order valence-corrected chi connectivity index (χ0v) is 31.2. The molecule has 0 spiro atoms. The average molecular weight is 732 g/mol. The number of rotatable bonds is 5. The average Bonchev–Trinajstić information content (AvgIpc) is 3.93. The van der Waals surface area contributed by atoms with E-state index >= 15 is 0 Å². The lowest BCUT2D eigenvalue weighted by Crippen LogP contribution is -1.97. The van der Waals surface area contributed by atoms with Gasteiger partial charge in [-0.3, -0.25) is 4.99 Å². The fraction of sp³-hybridized carbons (Fsp3) is 0.0192. The highest BCUT2D eigenvalue weighted by atomic mass is 32.1. The quantitative estimate of drug-likeness (QED) is 0.124. The number of thiophene rings is 1. The van der Waals surface area contributed by atoms with E-state index in [2.05, 4.69) is 191 Å². The lowest BCUT2D eigenvalue weighted by molar-refractivity contribution is 0.796. The SMILES string of the molecule is C(=NCn1c2ccccc2c2cc(-n3c4ccccc4c4ccccc43)ccc21)c1cc2cc(-c3ccc4c5ccccc5c5ccccc5c4c3)ccc2s1. The van der Waals surface area contributed by atoms with Crippen molar-refractivity contribution in [2.45, 2.75) is 6.67 Å². The molecule has 56 heavy (non-hydrogen) atoms. The summed E-state index contributed by atoms with van der Waals surface area (Å²) in [4.78, 5) is 6.20. The molecule has 0 aliphatic heterocycles. The summed E-state index contributed by atoms with van der Waals surface area (Å²) >= 11 is 1.79. The number of benzene rings is 9. The summed E-state index contributed by atoms with van der Waals surface area (Å²) in [5.41, 5.74) is 8.43. The Morgan fingerprint density at radius 2 is 0.929 bits per heavy atom. The molecule has 3 nitrogen and oxygen atoms in total. The van der Waals surface area contributed by atoms with Crippen LogP contribution in [0.4, 0.5) is 0 Å². The number of hydrogen-bond acceptors (Lipinski definition) is 2. The predicted octanol–water partition coefficient (Wildman–Crippen LogP) is 14.3. The number of hydrogen-bond donors (Lipinski definition) is 0. The van der Waals surface area contributed by atoms with Crippen LogP contribution in [-0.4, -0.2) is 15.3 Å². The molecule has 4 heteroatoms. The molecule has 0 unspecified atom stereocenters. The van der Waals surface area contributed by atoms with Crippen molar-refractivity contribution in [3.05, 3.63) is 187 Å². The zero-order valence-electron chi connectivity index (χ0n) is 30.4. The van der Waals surface area contributed by atoms with Gasteiger partial charge in [0.15, 0.2) is 0 Å². The van der Waals surface area contributed by atoms with E-state index in [1.807, 2.05) is 6.21 Å². The van der Waals surface area contributed by atoms with Crippen molar-refractivity contribution in [3.8, 4) is 16.8 Å². The largest absolute Gasteiger partial charge is 0.320 e. The Labute approximate surface area is 326 Å².